The molecule has 0 spiro atoms. The Morgan fingerprint density at radius 2 is 1.88 bits per heavy atom. The molecule has 0 saturated carbocycles. The SMILES string of the molecule is CCC(CCO)NCc1ccc(COC)cc1. The molecule has 0 aromatic heterocycles. The van der Waals surface area contributed by atoms with E-state index in [2.05, 4.69) is 36.5 Å². The van der Waals surface area contributed by atoms with Gasteiger partial charge in [-0.2, -0.15) is 0 Å². The van der Waals surface area contributed by atoms with E-state index in [0.717, 1.165) is 19.4 Å². The Labute approximate surface area is 104 Å². The molecule has 0 radical (unpaired) electrons. The topological polar surface area (TPSA) is 41.5 Å². The van der Waals surface area contributed by atoms with Crippen molar-refractivity contribution in [1.29, 1.82) is 0 Å². The Balaban J connectivity index is 2.40. The lowest BCUT2D eigenvalue weighted by Crippen LogP contribution is -2.28. The molecule has 0 amide bonds. The Morgan fingerprint density at radius 1 is 1.24 bits per heavy atom. The van der Waals surface area contributed by atoms with Crippen LogP contribution >= 0.6 is 0 Å². The summed E-state index contributed by atoms with van der Waals surface area (Å²) in [5.74, 6) is 0. The molecule has 0 fully saturated rings. The molecule has 96 valence electrons. The summed E-state index contributed by atoms with van der Waals surface area (Å²) in [6.07, 6.45) is 1.86. The predicted molar refractivity (Wildman–Crippen MR) is 69.8 cm³/mol. The van der Waals surface area contributed by atoms with E-state index < -0.39 is 0 Å². The van der Waals surface area contributed by atoms with E-state index in [9.17, 15) is 0 Å². The number of aliphatic hydroxyl groups excluding tert-OH is 1. The Kier molecular flexibility index (Phi) is 6.86. The van der Waals surface area contributed by atoms with Crippen molar-refractivity contribution in [1.82, 2.24) is 5.32 Å². The summed E-state index contributed by atoms with van der Waals surface area (Å²) < 4.78 is 5.07. The van der Waals surface area contributed by atoms with Crippen molar-refractivity contribution in [3.05, 3.63) is 35.4 Å². The fourth-order valence-corrected chi connectivity index (χ4v) is 1.79. The molecular formula is C14H23NO2. The quantitative estimate of drug-likeness (QED) is 0.727. The molecule has 1 aromatic carbocycles. The highest BCUT2D eigenvalue weighted by atomic mass is 16.5. The average Bonchev–Trinajstić information content (AvgIpc) is 2.36. The van der Waals surface area contributed by atoms with E-state index in [0.29, 0.717) is 12.6 Å². The first-order chi connectivity index (χ1) is 8.30. The molecular weight excluding hydrogens is 214 g/mol. The third-order valence-corrected chi connectivity index (χ3v) is 2.90. The zero-order valence-corrected chi connectivity index (χ0v) is 10.8. The largest absolute Gasteiger partial charge is 0.396 e. The van der Waals surface area contributed by atoms with E-state index in [1.165, 1.54) is 11.1 Å². The zero-order chi connectivity index (χ0) is 12.5. The molecule has 2 N–H and O–H groups in total. The normalized spacial score (nSPS) is 12.6. The number of benzene rings is 1. The van der Waals surface area contributed by atoms with Gasteiger partial charge in [-0.1, -0.05) is 31.2 Å². The number of ether oxygens (including phenoxy) is 1. The first-order valence-electron chi connectivity index (χ1n) is 6.21. The van der Waals surface area contributed by atoms with Gasteiger partial charge in [0.05, 0.1) is 6.61 Å². The van der Waals surface area contributed by atoms with Gasteiger partial charge in [0.1, 0.15) is 0 Å². The van der Waals surface area contributed by atoms with Crippen molar-refractivity contribution in [3.8, 4) is 0 Å². The summed E-state index contributed by atoms with van der Waals surface area (Å²) >= 11 is 0. The van der Waals surface area contributed by atoms with Crippen LogP contribution in [-0.4, -0.2) is 24.9 Å². The van der Waals surface area contributed by atoms with Gasteiger partial charge >= 0.3 is 0 Å². The molecule has 0 aliphatic carbocycles. The van der Waals surface area contributed by atoms with Crippen LogP contribution in [-0.2, 0) is 17.9 Å². The summed E-state index contributed by atoms with van der Waals surface area (Å²) in [7, 11) is 1.70. The Morgan fingerprint density at radius 3 is 2.41 bits per heavy atom. The molecule has 0 aliphatic rings. The van der Waals surface area contributed by atoms with Crippen LogP contribution in [0.25, 0.3) is 0 Å². The van der Waals surface area contributed by atoms with Crippen LogP contribution in [0.5, 0.6) is 0 Å². The highest BCUT2D eigenvalue weighted by molar-refractivity contribution is 5.21. The van der Waals surface area contributed by atoms with Crippen LogP contribution in [0.4, 0.5) is 0 Å². The second-order valence-corrected chi connectivity index (χ2v) is 4.25. The molecule has 1 atom stereocenters. The van der Waals surface area contributed by atoms with Crippen molar-refractivity contribution in [2.75, 3.05) is 13.7 Å². The van der Waals surface area contributed by atoms with Gasteiger partial charge in [0.2, 0.25) is 0 Å². The highest BCUT2D eigenvalue weighted by Gasteiger charge is 2.04. The van der Waals surface area contributed by atoms with Crippen molar-refractivity contribution < 1.29 is 9.84 Å². The molecule has 0 bridgehead atoms. The van der Waals surface area contributed by atoms with Crippen LogP contribution in [0.1, 0.15) is 30.9 Å². The zero-order valence-electron chi connectivity index (χ0n) is 10.8. The number of nitrogens with one attached hydrogen (secondary N) is 1. The summed E-state index contributed by atoms with van der Waals surface area (Å²) in [6.45, 7) is 3.90. The third kappa shape index (κ3) is 5.31. The first kappa shape index (κ1) is 14.2. The lowest BCUT2D eigenvalue weighted by molar-refractivity contribution is 0.185. The van der Waals surface area contributed by atoms with E-state index in [1.807, 2.05) is 0 Å². The minimum Gasteiger partial charge on any atom is -0.396 e. The maximum absolute atomic E-state index is 8.91. The number of methoxy groups -OCH3 is 1. The van der Waals surface area contributed by atoms with E-state index >= 15 is 0 Å². The maximum atomic E-state index is 8.91. The summed E-state index contributed by atoms with van der Waals surface area (Å²) in [5.41, 5.74) is 2.46. The number of hydrogen-bond acceptors (Lipinski definition) is 3. The molecule has 0 heterocycles. The molecule has 0 saturated heterocycles. The predicted octanol–water partition coefficient (Wildman–Crippen LogP) is 2.08. The van der Waals surface area contributed by atoms with Gasteiger partial charge in [0.25, 0.3) is 0 Å². The first-order valence-corrected chi connectivity index (χ1v) is 6.21. The van der Waals surface area contributed by atoms with Crippen LogP contribution in [0, 0.1) is 0 Å². The van der Waals surface area contributed by atoms with E-state index in [1.54, 1.807) is 7.11 Å². The van der Waals surface area contributed by atoms with Crippen molar-refractivity contribution in [2.24, 2.45) is 0 Å². The Hall–Kier alpha value is -0.900. The molecule has 0 aliphatic heterocycles. The number of hydrogen-bond donors (Lipinski definition) is 2. The average molecular weight is 237 g/mol. The van der Waals surface area contributed by atoms with Gasteiger partial charge in [0.15, 0.2) is 0 Å². The molecule has 1 unspecified atom stereocenters. The highest BCUT2D eigenvalue weighted by Crippen LogP contribution is 2.06. The molecule has 3 nitrogen and oxygen atoms in total. The van der Waals surface area contributed by atoms with Crippen LogP contribution in [0.2, 0.25) is 0 Å². The fourth-order valence-electron chi connectivity index (χ4n) is 1.79. The number of rotatable bonds is 8. The minimum atomic E-state index is 0.248. The third-order valence-electron chi connectivity index (χ3n) is 2.90. The standard InChI is InChI=1S/C14H23NO2/c1-3-14(8-9-16)15-10-12-4-6-13(7-5-12)11-17-2/h4-7,14-16H,3,8-11H2,1-2H3. The van der Waals surface area contributed by atoms with Crippen LogP contribution in [0.15, 0.2) is 24.3 Å². The molecule has 1 aromatic rings. The lowest BCUT2D eigenvalue weighted by atomic mass is 10.1. The van der Waals surface area contributed by atoms with Gasteiger partial charge in [-0.05, 0) is 24.0 Å². The summed E-state index contributed by atoms with van der Waals surface area (Å²) in [4.78, 5) is 0. The summed E-state index contributed by atoms with van der Waals surface area (Å²) in [5, 5.41) is 12.4. The van der Waals surface area contributed by atoms with Gasteiger partial charge in [-0.3, -0.25) is 0 Å². The van der Waals surface area contributed by atoms with Crippen molar-refractivity contribution in [3.63, 3.8) is 0 Å². The van der Waals surface area contributed by atoms with Gasteiger partial charge < -0.3 is 15.2 Å². The van der Waals surface area contributed by atoms with Crippen molar-refractivity contribution in [2.45, 2.75) is 39.0 Å². The van der Waals surface area contributed by atoms with Crippen LogP contribution in [0.3, 0.4) is 0 Å². The lowest BCUT2D eigenvalue weighted by Gasteiger charge is -2.15. The van der Waals surface area contributed by atoms with Crippen molar-refractivity contribution >= 4 is 0 Å². The van der Waals surface area contributed by atoms with Gasteiger partial charge in [-0.15, -0.1) is 0 Å². The Bertz CT molecular complexity index is 298. The smallest absolute Gasteiger partial charge is 0.0713 e. The minimum absolute atomic E-state index is 0.248. The molecule has 1 rings (SSSR count). The van der Waals surface area contributed by atoms with Crippen LogP contribution < -0.4 is 5.32 Å². The number of aliphatic hydroxyl groups is 1. The second-order valence-electron chi connectivity index (χ2n) is 4.25. The van der Waals surface area contributed by atoms with E-state index in [-0.39, 0.29) is 6.61 Å². The molecule has 3 heteroatoms. The maximum Gasteiger partial charge on any atom is 0.0713 e. The summed E-state index contributed by atoms with van der Waals surface area (Å²) in [6, 6.07) is 8.82. The second kappa shape index (κ2) is 8.23. The van der Waals surface area contributed by atoms with Gasteiger partial charge in [0, 0.05) is 26.3 Å². The fraction of sp³-hybridized carbons (Fsp3) is 0.571. The monoisotopic (exact) mass is 237 g/mol. The van der Waals surface area contributed by atoms with E-state index in [4.69, 9.17) is 9.84 Å². The van der Waals surface area contributed by atoms with Gasteiger partial charge in [-0.25, -0.2) is 0 Å². The molecule has 17 heavy (non-hydrogen) atoms.